The summed E-state index contributed by atoms with van der Waals surface area (Å²) in [5.41, 5.74) is 0.889. The summed E-state index contributed by atoms with van der Waals surface area (Å²) in [6.45, 7) is 4.29. The van der Waals surface area contributed by atoms with Gasteiger partial charge in [0.25, 0.3) is 0 Å². The van der Waals surface area contributed by atoms with Gasteiger partial charge in [0.15, 0.2) is 0 Å². The Labute approximate surface area is 105 Å². The number of anilines is 1. The highest BCUT2D eigenvalue weighted by molar-refractivity contribution is 6.31. The normalized spacial score (nSPS) is 9.41. The Morgan fingerprint density at radius 2 is 2.35 bits per heavy atom. The zero-order valence-corrected chi connectivity index (χ0v) is 9.92. The average molecular weight is 250 g/mol. The van der Waals surface area contributed by atoms with Crippen molar-refractivity contribution in [3.05, 3.63) is 41.4 Å². The third kappa shape index (κ3) is 4.27. The molecule has 17 heavy (non-hydrogen) atoms. The first-order chi connectivity index (χ1) is 8.17. The Bertz CT molecular complexity index is 465. The Morgan fingerprint density at radius 1 is 1.59 bits per heavy atom. The molecule has 1 aromatic carbocycles. The van der Waals surface area contributed by atoms with Crippen molar-refractivity contribution in [2.45, 2.75) is 0 Å². The molecule has 0 fully saturated rings. The van der Waals surface area contributed by atoms with E-state index in [1.165, 1.54) is 6.07 Å². The lowest BCUT2D eigenvalue weighted by atomic mass is 10.2. The topological polar surface area (TPSA) is 64.9 Å². The van der Waals surface area contributed by atoms with Gasteiger partial charge in [0, 0.05) is 12.2 Å². The van der Waals surface area contributed by atoms with E-state index in [0.29, 0.717) is 22.8 Å². The maximum Gasteiger partial charge on any atom is 0.238 e. The molecule has 4 nitrogen and oxygen atoms in total. The summed E-state index contributed by atoms with van der Waals surface area (Å²) in [6, 6.07) is 6.71. The Kier molecular flexibility index (Phi) is 5.21. The van der Waals surface area contributed by atoms with Gasteiger partial charge < -0.3 is 10.6 Å². The first-order valence-electron chi connectivity index (χ1n) is 4.98. The van der Waals surface area contributed by atoms with Crippen LogP contribution < -0.4 is 10.6 Å². The number of nitrogens with zero attached hydrogens (tertiary/aromatic N) is 1. The van der Waals surface area contributed by atoms with Gasteiger partial charge in [-0.05, 0) is 18.2 Å². The van der Waals surface area contributed by atoms with Crippen molar-refractivity contribution in [3.63, 3.8) is 0 Å². The van der Waals surface area contributed by atoms with Gasteiger partial charge in [0.1, 0.15) is 6.07 Å². The second kappa shape index (κ2) is 6.69. The fourth-order valence-electron chi connectivity index (χ4n) is 1.18. The molecule has 0 aromatic heterocycles. The predicted molar refractivity (Wildman–Crippen MR) is 67.9 cm³/mol. The first kappa shape index (κ1) is 13.2. The standard InChI is InChI=1S/C12H12ClN3O/c1-2-5-15-8-12(17)16-10-3-4-11(13)9(6-10)7-14/h2-4,6,15H,1,5,8H2,(H,16,17). The monoisotopic (exact) mass is 249 g/mol. The Morgan fingerprint density at radius 3 is 3.00 bits per heavy atom. The minimum absolute atomic E-state index is 0.182. The highest BCUT2D eigenvalue weighted by Crippen LogP contribution is 2.19. The summed E-state index contributed by atoms with van der Waals surface area (Å²) in [5, 5.41) is 14.7. The molecule has 0 aliphatic carbocycles. The molecule has 1 amide bonds. The smallest absolute Gasteiger partial charge is 0.238 e. The number of amides is 1. The summed E-state index contributed by atoms with van der Waals surface area (Å²) < 4.78 is 0. The molecule has 5 heteroatoms. The van der Waals surface area contributed by atoms with Crippen molar-refractivity contribution in [1.29, 1.82) is 5.26 Å². The van der Waals surface area contributed by atoms with E-state index in [9.17, 15) is 4.79 Å². The van der Waals surface area contributed by atoms with Crippen molar-refractivity contribution >= 4 is 23.2 Å². The van der Waals surface area contributed by atoms with Crippen LogP contribution in [0.15, 0.2) is 30.9 Å². The fraction of sp³-hybridized carbons (Fsp3) is 0.167. The SMILES string of the molecule is C=CCNCC(=O)Nc1ccc(Cl)c(C#N)c1. The van der Waals surface area contributed by atoms with Crippen molar-refractivity contribution in [3.8, 4) is 6.07 Å². The quantitative estimate of drug-likeness (QED) is 0.619. The molecule has 1 rings (SSSR count). The van der Waals surface area contributed by atoms with Gasteiger partial charge in [-0.3, -0.25) is 4.79 Å². The van der Waals surface area contributed by atoms with Crippen LogP contribution in [0.3, 0.4) is 0 Å². The molecule has 0 bridgehead atoms. The minimum Gasteiger partial charge on any atom is -0.325 e. The summed E-state index contributed by atoms with van der Waals surface area (Å²) in [4.78, 5) is 11.4. The predicted octanol–water partition coefficient (Wildman–Crippen LogP) is 1.93. The van der Waals surface area contributed by atoms with Crippen LogP contribution in [0.25, 0.3) is 0 Å². The van der Waals surface area contributed by atoms with Crippen LogP contribution in [0.1, 0.15) is 5.56 Å². The van der Waals surface area contributed by atoms with Gasteiger partial charge in [-0.1, -0.05) is 17.7 Å². The number of nitrogens with one attached hydrogen (secondary N) is 2. The summed E-state index contributed by atoms with van der Waals surface area (Å²) in [6.07, 6.45) is 1.67. The third-order valence-electron chi connectivity index (χ3n) is 1.94. The molecule has 0 saturated carbocycles. The van der Waals surface area contributed by atoms with E-state index in [4.69, 9.17) is 16.9 Å². The fourth-order valence-corrected chi connectivity index (χ4v) is 1.34. The number of nitriles is 1. The van der Waals surface area contributed by atoms with E-state index < -0.39 is 0 Å². The molecule has 0 atom stereocenters. The highest BCUT2D eigenvalue weighted by atomic mass is 35.5. The van der Waals surface area contributed by atoms with Crippen molar-refractivity contribution < 1.29 is 4.79 Å². The summed E-state index contributed by atoms with van der Waals surface area (Å²) in [7, 11) is 0. The number of rotatable bonds is 5. The van der Waals surface area contributed by atoms with Gasteiger partial charge in [-0.15, -0.1) is 6.58 Å². The lowest BCUT2D eigenvalue weighted by Gasteiger charge is -2.06. The van der Waals surface area contributed by atoms with E-state index >= 15 is 0 Å². The third-order valence-corrected chi connectivity index (χ3v) is 2.27. The van der Waals surface area contributed by atoms with Crippen molar-refractivity contribution in [2.24, 2.45) is 0 Å². The van der Waals surface area contributed by atoms with E-state index in [1.54, 1.807) is 18.2 Å². The summed E-state index contributed by atoms with van der Waals surface area (Å²) >= 11 is 5.78. The van der Waals surface area contributed by atoms with Crippen LogP contribution in [0, 0.1) is 11.3 Å². The van der Waals surface area contributed by atoms with E-state index in [-0.39, 0.29) is 12.5 Å². The van der Waals surface area contributed by atoms with Crippen LogP contribution in [-0.2, 0) is 4.79 Å². The minimum atomic E-state index is -0.182. The van der Waals surface area contributed by atoms with Gasteiger partial charge in [0.2, 0.25) is 5.91 Å². The maximum atomic E-state index is 11.4. The number of hydrogen-bond acceptors (Lipinski definition) is 3. The second-order valence-electron chi connectivity index (χ2n) is 3.27. The average Bonchev–Trinajstić information content (AvgIpc) is 2.32. The van der Waals surface area contributed by atoms with Crippen molar-refractivity contribution in [1.82, 2.24) is 5.32 Å². The van der Waals surface area contributed by atoms with E-state index in [0.717, 1.165) is 0 Å². The first-order valence-corrected chi connectivity index (χ1v) is 5.36. The molecule has 1 aromatic rings. The second-order valence-corrected chi connectivity index (χ2v) is 3.68. The number of halogens is 1. The van der Waals surface area contributed by atoms with Gasteiger partial charge in [-0.25, -0.2) is 0 Å². The van der Waals surface area contributed by atoms with Gasteiger partial charge >= 0.3 is 0 Å². The zero-order chi connectivity index (χ0) is 12.7. The van der Waals surface area contributed by atoms with Crippen LogP contribution in [-0.4, -0.2) is 19.0 Å². The van der Waals surface area contributed by atoms with Gasteiger partial charge in [0.05, 0.1) is 17.1 Å². The summed E-state index contributed by atoms with van der Waals surface area (Å²) in [5.74, 6) is -0.182. The zero-order valence-electron chi connectivity index (χ0n) is 9.16. The molecular weight excluding hydrogens is 238 g/mol. The highest BCUT2D eigenvalue weighted by Gasteiger charge is 2.04. The molecule has 0 unspecified atom stereocenters. The van der Waals surface area contributed by atoms with Crippen LogP contribution in [0.2, 0.25) is 5.02 Å². The van der Waals surface area contributed by atoms with Crippen LogP contribution in [0.5, 0.6) is 0 Å². The lowest BCUT2D eigenvalue weighted by molar-refractivity contribution is -0.115. The molecule has 0 heterocycles. The molecular formula is C12H12ClN3O. The molecule has 0 aliphatic heterocycles. The molecule has 2 N–H and O–H groups in total. The van der Waals surface area contributed by atoms with Gasteiger partial charge in [-0.2, -0.15) is 5.26 Å². The van der Waals surface area contributed by atoms with E-state index in [2.05, 4.69) is 17.2 Å². The van der Waals surface area contributed by atoms with E-state index in [1.807, 2.05) is 6.07 Å². The number of carbonyl (C=O) groups excluding carboxylic acids is 1. The molecule has 0 saturated heterocycles. The lowest BCUT2D eigenvalue weighted by Crippen LogP contribution is -2.28. The molecule has 0 radical (unpaired) electrons. The molecule has 88 valence electrons. The number of benzene rings is 1. The number of hydrogen-bond donors (Lipinski definition) is 2. The Balaban J connectivity index is 2.60. The van der Waals surface area contributed by atoms with Crippen LogP contribution >= 0.6 is 11.6 Å². The van der Waals surface area contributed by atoms with Crippen LogP contribution in [0.4, 0.5) is 5.69 Å². The maximum absolute atomic E-state index is 11.4. The Hall–Kier alpha value is -1.83. The molecule has 0 spiro atoms. The molecule has 0 aliphatic rings. The van der Waals surface area contributed by atoms with Crippen molar-refractivity contribution in [2.75, 3.05) is 18.4 Å². The number of carbonyl (C=O) groups is 1. The largest absolute Gasteiger partial charge is 0.325 e.